The van der Waals surface area contributed by atoms with Crippen LogP contribution in [-0.4, -0.2) is 29.8 Å². The zero-order chi connectivity index (χ0) is 25.5. The topological polar surface area (TPSA) is 36.4 Å². The molecule has 4 rings (SSSR count). The predicted molar refractivity (Wildman–Crippen MR) is 139 cm³/mol. The Labute approximate surface area is 210 Å². The number of benzene rings is 3. The number of anilines is 1. The van der Waals surface area contributed by atoms with Crippen molar-refractivity contribution < 1.29 is 13.6 Å². The number of allylic oxidation sites excluding steroid dienone is 1. The van der Waals surface area contributed by atoms with Crippen molar-refractivity contribution in [2.75, 3.05) is 19.0 Å². The maximum Gasteiger partial charge on any atom is 0.201 e. The Kier molecular flexibility index (Phi) is 7.85. The van der Waals surface area contributed by atoms with Crippen LogP contribution in [0.1, 0.15) is 27.0 Å². The van der Waals surface area contributed by atoms with E-state index in [0.717, 1.165) is 17.2 Å². The fraction of sp³-hybridized carbons (Fsp3) is 0.133. The van der Waals surface area contributed by atoms with Crippen LogP contribution >= 0.6 is 0 Å². The second-order valence-corrected chi connectivity index (χ2v) is 8.65. The highest BCUT2D eigenvalue weighted by molar-refractivity contribution is 6.29. The van der Waals surface area contributed by atoms with Crippen LogP contribution in [0.2, 0.25) is 0 Å². The molecule has 0 fully saturated rings. The molecule has 3 aromatic carbocycles. The normalized spacial score (nSPS) is 11.3. The molecule has 6 heteroatoms. The molecule has 0 radical (unpaired) electrons. The van der Waals surface area contributed by atoms with E-state index in [-0.39, 0.29) is 11.3 Å². The number of carbonyl (C=O) groups excluding carboxylic acids is 1. The van der Waals surface area contributed by atoms with E-state index < -0.39 is 23.0 Å². The molecule has 4 nitrogen and oxygen atoms in total. The van der Waals surface area contributed by atoms with Gasteiger partial charge in [0, 0.05) is 51.4 Å². The standard InChI is InChI=1S/C30H27F2N3O/c1-34(2)21-25(24-15-17-33-18-16-24)30(36)28-26(31)13-14-27(29(28)32)35(19-22-9-5-3-6-10-22)20-23-11-7-4-8-12-23/h3-18,21H,19-20H2,1-2H3. The summed E-state index contributed by atoms with van der Waals surface area (Å²) in [6, 6.07) is 25.1. The maximum absolute atomic E-state index is 16.1. The second kappa shape index (κ2) is 11.4. The first-order valence-corrected chi connectivity index (χ1v) is 11.6. The number of carbonyl (C=O) groups is 1. The van der Waals surface area contributed by atoms with Gasteiger partial charge in [-0.05, 0) is 41.0 Å². The highest BCUT2D eigenvalue weighted by Gasteiger charge is 2.26. The van der Waals surface area contributed by atoms with Gasteiger partial charge < -0.3 is 9.80 Å². The first-order valence-electron chi connectivity index (χ1n) is 11.6. The largest absolute Gasteiger partial charge is 0.383 e. The number of halogens is 2. The first-order chi connectivity index (χ1) is 17.4. The molecule has 0 aliphatic rings. The number of pyridine rings is 1. The lowest BCUT2D eigenvalue weighted by Gasteiger charge is -2.26. The first kappa shape index (κ1) is 24.8. The van der Waals surface area contributed by atoms with Gasteiger partial charge in [0.05, 0.1) is 11.3 Å². The van der Waals surface area contributed by atoms with E-state index in [9.17, 15) is 4.79 Å². The van der Waals surface area contributed by atoms with Crippen molar-refractivity contribution in [3.63, 3.8) is 0 Å². The molecule has 0 amide bonds. The fourth-order valence-electron chi connectivity index (χ4n) is 4.02. The Bertz CT molecular complexity index is 1300. The Hall–Kier alpha value is -4.32. The van der Waals surface area contributed by atoms with Gasteiger partial charge in [0.15, 0.2) is 5.82 Å². The number of ketones is 1. The monoisotopic (exact) mass is 483 g/mol. The van der Waals surface area contributed by atoms with Crippen LogP contribution in [0.15, 0.2) is 104 Å². The summed E-state index contributed by atoms with van der Waals surface area (Å²) in [4.78, 5) is 21.1. The van der Waals surface area contributed by atoms with Gasteiger partial charge in [-0.1, -0.05) is 60.7 Å². The van der Waals surface area contributed by atoms with Crippen LogP contribution in [-0.2, 0) is 13.1 Å². The Morgan fingerprint density at radius 1 is 0.806 bits per heavy atom. The molecule has 0 unspecified atom stereocenters. The molecule has 0 saturated heterocycles. The van der Waals surface area contributed by atoms with Gasteiger partial charge in [-0.25, -0.2) is 8.78 Å². The third-order valence-corrected chi connectivity index (χ3v) is 5.69. The summed E-state index contributed by atoms with van der Waals surface area (Å²) in [6.45, 7) is 0.771. The predicted octanol–water partition coefficient (Wildman–Crippen LogP) is 6.35. The van der Waals surface area contributed by atoms with Gasteiger partial charge in [-0.3, -0.25) is 9.78 Å². The van der Waals surface area contributed by atoms with E-state index in [2.05, 4.69) is 4.98 Å². The minimum atomic E-state index is -0.903. The average Bonchev–Trinajstić information content (AvgIpc) is 2.88. The quantitative estimate of drug-likeness (QED) is 0.205. The summed E-state index contributed by atoms with van der Waals surface area (Å²) in [5.41, 5.74) is 2.22. The van der Waals surface area contributed by atoms with E-state index in [1.165, 1.54) is 18.5 Å². The van der Waals surface area contributed by atoms with Crippen molar-refractivity contribution in [1.82, 2.24) is 9.88 Å². The molecule has 0 spiro atoms. The lowest BCUT2D eigenvalue weighted by Crippen LogP contribution is -2.24. The highest BCUT2D eigenvalue weighted by Crippen LogP contribution is 2.31. The molecule has 0 saturated carbocycles. The summed E-state index contributed by atoms with van der Waals surface area (Å²) < 4.78 is 31.2. The van der Waals surface area contributed by atoms with E-state index in [4.69, 9.17) is 0 Å². The molecule has 36 heavy (non-hydrogen) atoms. The van der Waals surface area contributed by atoms with E-state index in [1.54, 1.807) is 37.3 Å². The highest BCUT2D eigenvalue weighted by atomic mass is 19.1. The van der Waals surface area contributed by atoms with Crippen LogP contribution in [0.4, 0.5) is 14.5 Å². The Morgan fingerprint density at radius 3 is 1.89 bits per heavy atom. The third-order valence-electron chi connectivity index (χ3n) is 5.69. The lowest BCUT2D eigenvalue weighted by atomic mass is 9.96. The molecular weight excluding hydrogens is 456 g/mol. The lowest BCUT2D eigenvalue weighted by molar-refractivity contribution is 0.104. The Morgan fingerprint density at radius 2 is 1.36 bits per heavy atom. The maximum atomic E-state index is 16.1. The zero-order valence-corrected chi connectivity index (χ0v) is 20.2. The van der Waals surface area contributed by atoms with Crippen LogP contribution in [0.25, 0.3) is 5.57 Å². The number of Topliss-reactive ketones (excluding diaryl/α,β-unsaturated/α-hetero) is 1. The van der Waals surface area contributed by atoms with Gasteiger partial charge in [0.2, 0.25) is 5.78 Å². The summed E-state index contributed by atoms with van der Waals surface area (Å²) in [7, 11) is 3.50. The summed E-state index contributed by atoms with van der Waals surface area (Å²) in [5.74, 6) is -2.52. The van der Waals surface area contributed by atoms with Crippen LogP contribution in [0.5, 0.6) is 0 Å². The number of hydrogen-bond donors (Lipinski definition) is 0. The Balaban J connectivity index is 1.79. The minimum Gasteiger partial charge on any atom is -0.383 e. The van der Waals surface area contributed by atoms with E-state index in [0.29, 0.717) is 18.7 Å². The number of nitrogens with zero attached hydrogens (tertiary/aromatic N) is 3. The van der Waals surface area contributed by atoms with Crippen molar-refractivity contribution in [3.05, 3.63) is 137 Å². The minimum absolute atomic E-state index is 0.159. The van der Waals surface area contributed by atoms with Gasteiger partial charge in [0.25, 0.3) is 0 Å². The zero-order valence-electron chi connectivity index (χ0n) is 20.2. The summed E-state index contributed by atoms with van der Waals surface area (Å²) >= 11 is 0. The molecule has 0 bridgehead atoms. The van der Waals surface area contributed by atoms with Crippen LogP contribution in [0, 0.1) is 11.6 Å². The molecule has 0 atom stereocenters. The number of rotatable bonds is 9. The van der Waals surface area contributed by atoms with Crippen LogP contribution in [0.3, 0.4) is 0 Å². The molecule has 0 N–H and O–H groups in total. The van der Waals surface area contributed by atoms with Gasteiger partial charge >= 0.3 is 0 Å². The third kappa shape index (κ3) is 5.84. The molecular formula is C30H27F2N3O. The fourth-order valence-corrected chi connectivity index (χ4v) is 4.02. The molecule has 182 valence electrons. The van der Waals surface area contributed by atoms with Crippen molar-refractivity contribution >= 4 is 17.0 Å². The SMILES string of the molecule is CN(C)C=C(C(=O)c1c(F)ccc(N(Cc2ccccc2)Cc2ccccc2)c1F)c1ccncc1. The number of hydrogen-bond acceptors (Lipinski definition) is 4. The smallest absolute Gasteiger partial charge is 0.201 e. The molecule has 0 aliphatic heterocycles. The average molecular weight is 484 g/mol. The molecule has 0 aliphatic carbocycles. The molecule has 1 heterocycles. The van der Waals surface area contributed by atoms with Crippen LogP contribution < -0.4 is 4.90 Å². The summed E-state index contributed by atoms with van der Waals surface area (Å²) in [5, 5.41) is 0. The van der Waals surface area contributed by atoms with E-state index in [1.807, 2.05) is 65.6 Å². The summed E-state index contributed by atoms with van der Waals surface area (Å²) in [6.07, 6.45) is 4.64. The molecule has 1 aromatic heterocycles. The van der Waals surface area contributed by atoms with E-state index >= 15 is 8.78 Å². The second-order valence-electron chi connectivity index (χ2n) is 8.65. The van der Waals surface area contributed by atoms with Crippen molar-refractivity contribution in [2.45, 2.75) is 13.1 Å². The van der Waals surface area contributed by atoms with Crippen molar-refractivity contribution in [2.24, 2.45) is 0 Å². The van der Waals surface area contributed by atoms with Gasteiger partial charge in [-0.15, -0.1) is 0 Å². The number of aromatic nitrogens is 1. The van der Waals surface area contributed by atoms with Gasteiger partial charge in [0.1, 0.15) is 5.82 Å². The molecule has 4 aromatic rings. The van der Waals surface area contributed by atoms with Crippen molar-refractivity contribution in [1.29, 1.82) is 0 Å². The van der Waals surface area contributed by atoms with Crippen molar-refractivity contribution in [3.8, 4) is 0 Å². The van der Waals surface area contributed by atoms with Gasteiger partial charge in [-0.2, -0.15) is 0 Å².